The van der Waals surface area contributed by atoms with Crippen LogP contribution in [0.4, 0.5) is 0 Å². The Morgan fingerprint density at radius 2 is 1.57 bits per heavy atom. The van der Waals surface area contributed by atoms with Crippen molar-refractivity contribution in [3.8, 4) is 0 Å². The molecule has 9 heteroatoms. The van der Waals surface area contributed by atoms with Gasteiger partial charge in [0.25, 0.3) is 15.2 Å². The minimum Gasteiger partial charge on any atom is -0.314 e. The van der Waals surface area contributed by atoms with Gasteiger partial charge in [-0.2, -0.15) is 8.42 Å². The zero-order valence-electron chi connectivity index (χ0n) is 16.3. The molecule has 8 nitrogen and oxygen atoms in total. The second-order valence-corrected chi connectivity index (χ2v) is 7.80. The summed E-state index contributed by atoms with van der Waals surface area (Å²) in [6.45, 7) is 1.92. The second-order valence-electron chi connectivity index (χ2n) is 6.38. The third kappa shape index (κ3) is 7.61. The predicted molar refractivity (Wildman–Crippen MR) is 111 cm³/mol. The lowest BCUT2D eigenvalue weighted by atomic mass is 9.89. The lowest BCUT2D eigenvalue weighted by Crippen LogP contribution is -2.08. The van der Waals surface area contributed by atoms with Crippen LogP contribution in [0.1, 0.15) is 29.0 Å². The van der Waals surface area contributed by atoms with Crippen LogP contribution >= 0.6 is 0 Å². The van der Waals surface area contributed by atoms with E-state index in [0.29, 0.717) is 6.42 Å². The first-order valence-corrected chi connectivity index (χ1v) is 10.5. The van der Waals surface area contributed by atoms with Crippen LogP contribution in [0.5, 0.6) is 0 Å². The second kappa shape index (κ2) is 11.0. The van der Waals surface area contributed by atoms with Crippen LogP contribution in [-0.2, 0) is 15.0 Å². The molecule has 1 heterocycles. The van der Waals surface area contributed by atoms with E-state index in [0.717, 1.165) is 16.7 Å². The molecule has 2 aromatic carbocycles. The van der Waals surface area contributed by atoms with Crippen LogP contribution in [0.15, 0.2) is 84.0 Å². The smallest absolute Gasteiger partial charge is 0.294 e. The number of nitrogens with zero attached hydrogens (tertiary/aromatic N) is 2. The maximum Gasteiger partial charge on any atom is 0.294 e. The van der Waals surface area contributed by atoms with Gasteiger partial charge in [-0.1, -0.05) is 48.0 Å². The van der Waals surface area contributed by atoms with Crippen LogP contribution in [0.2, 0.25) is 0 Å². The average Bonchev–Trinajstić information content (AvgIpc) is 2.72. The highest BCUT2D eigenvalue weighted by Crippen LogP contribution is 2.27. The van der Waals surface area contributed by atoms with Crippen LogP contribution < -0.4 is 0 Å². The summed E-state index contributed by atoms with van der Waals surface area (Å²) in [7, 11) is -4.02. The van der Waals surface area contributed by atoms with E-state index in [2.05, 4.69) is 9.82 Å². The molecule has 158 valence electrons. The third-order valence-electron chi connectivity index (χ3n) is 4.23. The third-order valence-corrected chi connectivity index (χ3v) is 5.10. The lowest BCUT2D eigenvalue weighted by molar-refractivity contribution is -0.757. The molecule has 1 atom stereocenters. The highest BCUT2D eigenvalue weighted by Gasteiger charge is 2.14. The predicted octanol–water partition coefficient (Wildman–Crippen LogP) is 4.05. The molecule has 0 aliphatic rings. The zero-order chi connectivity index (χ0) is 22.0. The molecule has 3 aromatic rings. The number of aryl methyl sites for hydroxylation is 1. The Kier molecular flexibility index (Phi) is 8.45. The minimum absolute atomic E-state index is 0.0666. The van der Waals surface area contributed by atoms with E-state index < -0.39 is 15.2 Å². The van der Waals surface area contributed by atoms with Crippen molar-refractivity contribution in [1.29, 1.82) is 0 Å². The number of hydrogen-bond donors (Lipinski definition) is 1. The summed E-state index contributed by atoms with van der Waals surface area (Å²) in [4.78, 5) is 18.6. The Morgan fingerprint density at radius 1 is 1.00 bits per heavy atom. The highest BCUT2D eigenvalue weighted by molar-refractivity contribution is 7.85. The van der Waals surface area contributed by atoms with E-state index >= 15 is 0 Å². The van der Waals surface area contributed by atoms with Gasteiger partial charge in [0.2, 0.25) is 0 Å². The van der Waals surface area contributed by atoms with E-state index in [9.17, 15) is 18.5 Å². The van der Waals surface area contributed by atoms with Crippen molar-refractivity contribution in [2.24, 2.45) is 0 Å². The van der Waals surface area contributed by atoms with Crippen LogP contribution in [0.3, 0.4) is 0 Å². The Hall–Kier alpha value is -3.30. The van der Waals surface area contributed by atoms with E-state index in [4.69, 9.17) is 4.55 Å². The standard InChI is InChI=1S/C14H14N2O3.C7H8O3S/c17-16(18)19-11-8-14(12-4-2-1-3-5-12)13-6-9-15-10-7-13;1-6-2-4-7(5-3-6)11(8,9)10/h1-7,9-10,14H,8,11H2;2-5H,1H3,(H,8,9,10). The Bertz CT molecular complexity index is 987. The molecule has 30 heavy (non-hydrogen) atoms. The molecule has 0 spiro atoms. The number of hydrogen-bond acceptors (Lipinski definition) is 6. The molecular formula is C21H22N2O6S. The summed E-state index contributed by atoms with van der Waals surface area (Å²) in [6, 6.07) is 19.7. The number of rotatable bonds is 7. The zero-order valence-corrected chi connectivity index (χ0v) is 17.1. The van der Waals surface area contributed by atoms with Gasteiger partial charge in [0.1, 0.15) is 0 Å². The van der Waals surface area contributed by atoms with Gasteiger partial charge in [-0.25, -0.2) is 0 Å². The van der Waals surface area contributed by atoms with Crippen molar-refractivity contribution < 1.29 is 22.9 Å². The first-order valence-electron chi connectivity index (χ1n) is 9.03. The average molecular weight is 430 g/mol. The molecule has 0 saturated heterocycles. The van der Waals surface area contributed by atoms with Gasteiger partial charge >= 0.3 is 0 Å². The van der Waals surface area contributed by atoms with Crippen LogP contribution in [0, 0.1) is 17.0 Å². The molecule has 0 bridgehead atoms. The fourth-order valence-electron chi connectivity index (χ4n) is 2.76. The largest absolute Gasteiger partial charge is 0.314 e. The molecule has 0 aliphatic carbocycles. The fourth-order valence-corrected chi connectivity index (χ4v) is 3.24. The summed E-state index contributed by atoms with van der Waals surface area (Å²) >= 11 is 0. The van der Waals surface area contributed by atoms with Crippen molar-refractivity contribution in [3.05, 3.63) is 106 Å². The fraction of sp³-hybridized carbons (Fsp3) is 0.190. The Morgan fingerprint density at radius 3 is 2.10 bits per heavy atom. The van der Waals surface area contributed by atoms with Gasteiger partial charge in [0.15, 0.2) is 0 Å². The highest BCUT2D eigenvalue weighted by atomic mass is 32.2. The Balaban J connectivity index is 0.000000248. The molecule has 1 unspecified atom stereocenters. The first-order chi connectivity index (χ1) is 14.3. The summed E-state index contributed by atoms with van der Waals surface area (Å²) < 4.78 is 29.6. The molecule has 0 aliphatic heterocycles. The van der Waals surface area contributed by atoms with Crippen molar-refractivity contribution in [1.82, 2.24) is 4.98 Å². The van der Waals surface area contributed by atoms with Gasteiger partial charge in [0, 0.05) is 18.3 Å². The summed E-state index contributed by atoms with van der Waals surface area (Å²) in [6.07, 6.45) is 3.99. The van der Waals surface area contributed by atoms with Crippen molar-refractivity contribution in [2.75, 3.05) is 6.61 Å². The molecule has 0 radical (unpaired) electrons. The van der Waals surface area contributed by atoms with Crippen LogP contribution in [-0.4, -0.2) is 29.6 Å². The molecule has 3 rings (SSSR count). The van der Waals surface area contributed by atoms with Crippen molar-refractivity contribution in [2.45, 2.75) is 24.2 Å². The maximum atomic E-state index is 10.5. The SMILES string of the molecule is Cc1ccc(S(=O)(=O)O)cc1.O=[N+]([O-])OCCC(c1ccccc1)c1ccncc1. The number of aromatic nitrogens is 1. The summed E-state index contributed by atoms with van der Waals surface area (Å²) in [5, 5.41) is 9.47. The van der Waals surface area contributed by atoms with Gasteiger partial charge < -0.3 is 4.84 Å². The molecule has 1 N–H and O–H groups in total. The molecule has 0 amide bonds. The first kappa shape index (κ1) is 23.0. The maximum absolute atomic E-state index is 10.5. The molecule has 0 fully saturated rings. The summed E-state index contributed by atoms with van der Waals surface area (Å²) in [5.41, 5.74) is 3.14. The van der Waals surface area contributed by atoms with E-state index in [1.165, 1.54) is 12.1 Å². The van der Waals surface area contributed by atoms with E-state index in [-0.39, 0.29) is 17.4 Å². The number of pyridine rings is 1. The summed E-state index contributed by atoms with van der Waals surface area (Å²) in [5.74, 6) is 0.0733. The van der Waals surface area contributed by atoms with Gasteiger partial charge in [-0.15, -0.1) is 10.1 Å². The topological polar surface area (TPSA) is 120 Å². The van der Waals surface area contributed by atoms with Crippen molar-refractivity contribution >= 4 is 10.1 Å². The molecule has 1 aromatic heterocycles. The van der Waals surface area contributed by atoms with Crippen molar-refractivity contribution in [3.63, 3.8) is 0 Å². The van der Waals surface area contributed by atoms with E-state index in [1.54, 1.807) is 24.5 Å². The number of benzene rings is 2. The van der Waals surface area contributed by atoms with Crippen LogP contribution in [0.25, 0.3) is 0 Å². The normalized spacial score (nSPS) is 11.7. The van der Waals surface area contributed by atoms with Gasteiger partial charge in [-0.3, -0.25) is 9.54 Å². The molecule has 0 saturated carbocycles. The van der Waals surface area contributed by atoms with Gasteiger partial charge in [-0.05, 0) is 48.7 Å². The monoisotopic (exact) mass is 430 g/mol. The lowest BCUT2D eigenvalue weighted by Gasteiger charge is -2.17. The van der Waals surface area contributed by atoms with Gasteiger partial charge in [0.05, 0.1) is 11.5 Å². The minimum atomic E-state index is -4.02. The quantitative estimate of drug-likeness (QED) is 0.341. The van der Waals surface area contributed by atoms with E-state index in [1.807, 2.05) is 49.4 Å². The Labute approximate surface area is 175 Å². The molecular weight excluding hydrogens is 408 g/mol.